The molecule has 2 N–H and O–H groups in total. The van der Waals surface area contributed by atoms with Crippen LogP contribution in [-0.4, -0.2) is 44.0 Å². The van der Waals surface area contributed by atoms with Crippen LogP contribution < -0.4 is 15.2 Å². The van der Waals surface area contributed by atoms with E-state index in [9.17, 15) is 0 Å². The molecule has 0 spiro atoms. The van der Waals surface area contributed by atoms with Crippen molar-refractivity contribution in [2.75, 3.05) is 33.0 Å². The molecule has 0 saturated carbocycles. The number of fused-ring (bicyclic) bond motifs is 1. The number of likely N-dealkylation sites (tertiary alicyclic amines) is 1. The summed E-state index contributed by atoms with van der Waals surface area (Å²) in [5.74, 6) is 1.65. The smallest absolute Gasteiger partial charge is 0.231 e. The second-order valence-corrected chi connectivity index (χ2v) is 5.55. The summed E-state index contributed by atoms with van der Waals surface area (Å²) in [5, 5.41) is 0. The van der Waals surface area contributed by atoms with Gasteiger partial charge in [-0.2, -0.15) is 0 Å². The molecule has 1 unspecified atom stereocenters. The Morgan fingerprint density at radius 3 is 2.76 bits per heavy atom. The van der Waals surface area contributed by atoms with Gasteiger partial charge in [0.2, 0.25) is 6.79 Å². The Bertz CT molecular complexity index is 473. The van der Waals surface area contributed by atoms with E-state index in [1.54, 1.807) is 0 Å². The first-order chi connectivity index (χ1) is 10.3. The van der Waals surface area contributed by atoms with Crippen LogP contribution in [0.5, 0.6) is 11.5 Å². The number of hydrogen-bond donors (Lipinski definition) is 1. The largest absolute Gasteiger partial charge is 0.454 e. The quantitative estimate of drug-likeness (QED) is 0.898. The highest BCUT2D eigenvalue weighted by Crippen LogP contribution is 2.35. The molecule has 0 aliphatic carbocycles. The average molecular weight is 292 g/mol. The lowest BCUT2D eigenvalue weighted by molar-refractivity contribution is 0.00450. The number of nitrogens with two attached hydrogens (primary N) is 1. The fourth-order valence-corrected chi connectivity index (χ4v) is 3.21. The monoisotopic (exact) mass is 292 g/mol. The summed E-state index contributed by atoms with van der Waals surface area (Å²) in [7, 11) is 0. The van der Waals surface area contributed by atoms with Crippen LogP contribution in [0.1, 0.15) is 31.4 Å². The Balaban J connectivity index is 1.68. The lowest BCUT2D eigenvalue weighted by Gasteiger charge is -2.37. The average Bonchev–Trinajstić information content (AvgIpc) is 2.98. The Kier molecular flexibility index (Phi) is 4.63. The van der Waals surface area contributed by atoms with Gasteiger partial charge in [0.1, 0.15) is 0 Å². The van der Waals surface area contributed by atoms with Crippen LogP contribution in [0.4, 0.5) is 0 Å². The van der Waals surface area contributed by atoms with Gasteiger partial charge in [-0.25, -0.2) is 0 Å². The van der Waals surface area contributed by atoms with Crippen LogP contribution in [0.3, 0.4) is 0 Å². The van der Waals surface area contributed by atoms with Crippen LogP contribution in [0.15, 0.2) is 18.2 Å². The number of nitrogens with zero attached hydrogens (tertiary/aromatic N) is 1. The Morgan fingerprint density at radius 2 is 2.05 bits per heavy atom. The van der Waals surface area contributed by atoms with Gasteiger partial charge in [0, 0.05) is 32.3 Å². The van der Waals surface area contributed by atoms with E-state index in [2.05, 4.69) is 24.0 Å². The predicted octanol–water partition coefficient (Wildman–Crippen LogP) is 1.92. The highest BCUT2D eigenvalue weighted by Gasteiger charge is 2.26. The second-order valence-electron chi connectivity index (χ2n) is 5.55. The third kappa shape index (κ3) is 3.15. The van der Waals surface area contributed by atoms with E-state index in [4.69, 9.17) is 19.9 Å². The fraction of sp³-hybridized carbons (Fsp3) is 0.625. The van der Waals surface area contributed by atoms with Crippen LogP contribution in [-0.2, 0) is 4.74 Å². The summed E-state index contributed by atoms with van der Waals surface area (Å²) in [6.45, 7) is 5.83. The zero-order chi connectivity index (χ0) is 14.7. The van der Waals surface area contributed by atoms with E-state index < -0.39 is 0 Å². The molecule has 1 aromatic rings. The van der Waals surface area contributed by atoms with Crippen LogP contribution in [0, 0.1) is 0 Å². The second kappa shape index (κ2) is 6.64. The van der Waals surface area contributed by atoms with Crippen molar-refractivity contribution in [2.45, 2.75) is 31.9 Å². The molecule has 5 heteroatoms. The fourth-order valence-electron chi connectivity index (χ4n) is 3.21. The zero-order valence-electron chi connectivity index (χ0n) is 12.6. The molecular formula is C16H24N2O3. The molecule has 1 atom stereocenters. The van der Waals surface area contributed by atoms with Crippen molar-refractivity contribution in [3.63, 3.8) is 0 Å². The molecule has 0 amide bonds. The van der Waals surface area contributed by atoms with E-state index in [-0.39, 0.29) is 6.04 Å². The van der Waals surface area contributed by atoms with Gasteiger partial charge >= 0.3 is 0 Å². The summed E-state index contributed by atoms with van der Waals surface area (Å²) >= 11 is 0. The molecular weight excluding hydrogens is 268 g/mol. The Hall–Kier alpha value is -1.30. The lowest BCUT2D eigenvalue weighted by Crippen LogP contribution is -2.41. The highest BCUT2D eigenvalue weighted by atomic mass is 16.7. The zero-order valence-corrected chi connectivity index (χ0v) is 12.6. The first-order valence-electron chi connectivity index (χ1n) is 7.77. The molecule has 1 aromatic carbocycles. The minimum Gasteiger partial charge on any atom is -0.454 e. The first kappa shape index (κ1) is 14.6. The summed E-state index contributed by atoms with van der Waals surface area (Å²) in [6, 6.07) is 6.38. The number of benzene rings is 1. The van der Waals surface area contributed by atoms with Crippen molar-refractivity contribution in [2.24, 2.45) is 5.73 Å². The van der Waals surface area contributed by atoms with E-state index in [0.717, 1.165) is 44.0 Å². The summed E-state index contributed by atoms with van der Waals surface area (Å²) in [4.78, 5) is 2.45. The van der Waals surface area contributed by atoms with Gasteiger partial charge in [0.05, 0.1) is 6.10 Å². The van der Waals surface area contributed by atoms with Crippen LogP contribution in [0.2, 0.25) is 0 Å². The number of hydrogen-bond acceptors (Lipinski definition) is 5. The van der Waals surface area contributed by atoms with E-state index in [1.165, 1.54) is 5.56 Å². The van der Waals surface area contributed by atoms with Gasteiger partial charge in [-0.3, -0.25) is 4.90 Å². The van der Waals surface area contributed by atoms with E-state index in [0.29, 0.717) is 19.4 Å². The van der Waals surface area contributed by atoms with E-state index >= 15 is 0 Å². The molecule has 0 bridgehead atoms. The minimum absolute atomic E-state index is 0.238. The number of ether oxygens (including phenoxy) is 3. The maximum Gasteiger partial charge on any atom is 0.231 e. The maximum atomic E-state index is 6.03. The minimum atomic E-state index is 0.238. The van der Waals surface area contributed by atoms with Gasteiger partial charge in [0.25, 0.3) is 0 Å². The Labute approximate surface area is 126 Å². The molecule has 21 heavy (non-hydrogen) atoms. The molecule has 2 aliphatic heterocycles. The summed E-state index contributed by atoms with van der Waals surface area (Å²) in [6.07, 6.45) is 2.56. The topological polar surface area (TPSA) is 57.0 Å². The van der Waals surface area contributed by atoms with Crippen molar-refractivity contribution >= 4 is 0 Å². The normalized spacial score (nSPS) is 20.7. The lowest BCUT2D eigenvalue weighted by atomic mass is 10.00. The van der Waals surface area contributed by atoms with Crippen molar-refractivity contribution in [3.8, 4) is 11.5 Å². The molecule has 1 fully saturated rings. The van der Waals surface area contributed by atoms with E-state index in [1.807, 2.05) is 6.07 Å². The molecule has 0 aromatic heterocycles. The third-order valence-electron chi connectivity index (χ3n) is 4.32. The van der Waals surface area contributed by atoms with Crippen molar-refractivity contribution in [1.29, 1.82) is 0 Å². The molecule has 2 aliphatic rings. The van der Waals surface area contributed by atoms with Crippen molar-refractivity contribution in [1.82, 2.24) is 4.90 Å². The standard InChI is InChI=1S/C16H24N2O3/c1-2-19-13-5-7-18(8-6-13)14(10-17)12-3-4-15-16(9-12)21-11-20-15/h3-4,9,13-14H,2,5-8,10-11,17H2,1H3. The van der Waals surface area contributed by atoms with Crippen molar-refractivity contribution in [3.05, 3.63) is 23.8 Å². The molecule has 116 valence electrons. The van der Waals surface area contributed by atoms with Crippen LogP contribution in [0.25, 0.3) is 0 Å². The van der Waals surface area contributed by atoms with Gasteiger partial charge in [0.15, 0.2) is 11.5 Å². The summed E-state index contributed by atoms with van der Waals surface area (Å²) < 4.78 is 16.6. The van der Waals surface area contributed by atoms with Crippen LogP contribution >= 0.6 is 0 Å². The molecule has 5 nitrogen and oxygen atoms in total. The van der Waals surface area contributed by atoms with Crippen molar-refractivity contribution < 1.29 is 14.2 Å². The van der Waals surface area contributed by atoms with Gasteiger partial charge < -0.3 is 19.9 Å². The SMILES string of the molecule is CCOC1CCN(C(CN)c2ccc3c(c2)OCO3)CC1. The molecule has 0 radical (unpaired) electrons. The van der Waals surface area contributed by atoms with Gasteiger partial charge in [-0.15, -0.1) is 0 Å². The third-order valence-corrected chi connectivity index (χ3v) is 4.32. The highest BCUT2D eigenvalue weighted by molar-refractivity contribution is 5.45. The van der Waals surface area contributed by atoms with Gasteiger partial charge in [-0.1, -0.05) is 6.07 Å². The number of rotatable bonds is 5. The number of piperidine rings is 1. The predicted molar refractivity (Wildman–Crippen MR) is 80.6 cm³/mol. The summed E-state index contributed by atoms with van der Waals surface area (Å²) in [5.41, 5.74) is 7.23. The first-order valence-corrected chi connectivity index (χ1v) is 7.77. The molecule has 2 heterocycles. The molecule has 3 rings (SSSR count). The van der Waals surface area contributed by atoms with Gasteiger partial charge in [-0.05, 0) is 37.5 Å². The molecule has 1 saturated heterocycles. The maximum absolute atomic E-state index is 6.03. The Morgan fingerprint density at radius 1 is 1.29 bits per heavy atom.